The normalized spacial score (nSPS) is 11.1. The van der Waals surface area contributed by atoms with Gasteiger partial charge in [0, 0.05) is 17.4 Å². The van der Waals surface area contributed by atoms with Gasteiger partial charge < -0.3 is 4.89 Å². The Bertz CT molecular complexity index is 151. The molecule has 4 nitrogen and oxygen atoms in total. The molecular formula is C8H19CrO4P. The van der Waals surface area contributed by atoms with Crippen molar-refractivity contribution in [2.45, 2.75) is 39.5 Å². The molecule has 0 aliphatic rings. The molecule has 86 valence electrons. The molecule has 0 aliphatic carbocycles. The molecule has 0 aromatic heterocycles. The van der Waals surface area contributed by atoms with Crippen molar-refractivity contribution in [2.75, 3.05) is 13.2 Å². The van der Waals surface area contributed by atoms with Crippen molar-refractivity contribution in [1.29, 1.82) is 0 Å². The van der Waals surface area contributed by atoms with Crippen LogP contribution in [0.5, 0.6) is 0 Å². The molecule has 0 heterocycles. The van der Waals surface area contributed by atoms with Gasteiger partial charge >= 0.3 is 7.82 Å². The van der Waals surface area contributed by atoms with Gasteiger partial charge in [0.2, 0.25) is 0 Å². The number of rotatable bonds is 8. The Morgan fingerprint density at radius 1 is 1.07 bits per heavy atom. The van der Waals surface area contributed by atoms with E-state index in [0.29, 0.717) is 0 Å². The van der Waals surface area contributed by atoms with Crippen molar-refractivity contribution >= 4 is 7.82 Å². The zero-order valence-electron chi connectivity index (χ0n) is 8.77. The molecule has 0 spiro atoms. The summed E-state index contributed by atoms with van der Waals surface area (Å²) in [4.78, 5) is 9.08. The second-order valence-corrected chi connectivity index (χ2v) is 4.30. The summed E-state index contributed by atoms with van der Waals surface area (Å²) < 4.78 is 20.5. The molecule has 0 bridgehead atoms. The van der Waals surface area contributed by atoms with Crippen molar-refractivity contribution in [3.8, 4) is 0 Å². The van der Waals surface area contributed by atoms with E-state index in [1.165, 1.54) is 0 Å². The predicted octanol–water partition coefficient (Wildman–Crippen LogP) is 2.72. The van der Waals surface area contributed by atoms with Crippen molar-refractivity contribution < 1.29 is 35.9 Å². The monoisotopic (exact) mass is 262 g/mol. The average molecular weight is 262 g/mol. The first-order valence-corrected chi connectivity index (χ1v) is 6.23. The summed E-state index contributed by atoms with van der Waals surface area (Å²) in [5.41, 5.74) is 0. The molecule has 0 unspecified atom stereocenters. The third-order valence-corrected chi connectivity index (χ3v) is 2.52. The molecule has 0 aromatic rings. The molecule has 14 heavy (non-hydrogen) atoms. The molecule has 0 radical (unpaired) electrons. The molecule has 0 aliphatic heterocycles. The molecule has 1 N–H and O–H groups in total. The minimum atomic E-state index is -3.75. The number of unbranched alkanes of at least 4 members (excludes halogenated alkanes) is 2. The van der Waals surface area contributed by atoms with Crippen LogP contribution in [-0.2, 0) is 31.0 Å². The Morgan fingerprint density at radius 2 is 1.43 bits per heavy atom. The molecule has 0 saturated carbocycles. The third-order valence-electron chi connectivity index (χ3n) is 1.50. The zero-order valence-corrected chi connectivity index (χ0v) is 10.9. The number of hydrogen-bond donors (Lipinski definition) is 1. The molecule has 0 fully saturated rings. The van der Waals surface area contributed by atoms with Crippen LogP contribution < -0.4 is 0 Å². The fraction of sp³-hybridized carbons (Fsp3) is 1.00. The molecule has 0 aromatic carbocycles. The zero-order chi connectivity index (χ0) is 10.2. The van der Waals surface area contributed by atoms with E-state index in [1.54, 1.807) is 0 Å². The minimum Gasteiger partial charge on any atom is -0.302 e. The Kier molecular flexibility index (Phi) is 12.4. The standard InChI is InChI=1S/C8H19O4P.Cr/c1-3-5-7-11-13(9,10)12-8-6-4-2;/h3-8H2,1-2H3,(H,9,10);. The maximum atomic E-state index is 11.1. The van der Waals surface area contributed by atoms with Crippen LogP contribution in [0, 0.1) is 0 Å². The van der Waals surface area contributed by atoms with Gasteiger partial charge in [0.05, 0.1) is 13.2 Å². The number of hydrogen-bond acceptors (Lipinski definition) is 3. The van der Waals surface area contributed by atoms with Crippen LogP contribution in [0.2, 0.25) is 0 Å². The van der Waals surface area contributed by atoms with Crippen molar-refractivity contribution in [3.05, 3.63) is 0 Å². The molecule has 6 heteroatoms. The predicted molar refractivity (Wildman–Crippen MR) is 51.5 cm³/mol. The molecule has 0 rings (SSSR count). The van der Waals surface area contributed by atoms with Gasteiger partial charge in [-0.15, -0.1) is 0 Å². The van der Waals surface area contributed by atoms with Crippen LogP contribution in [0.15, 0.2) is 0 Å². The molecule has 0 amide bonds. The first-order chi connectivity index (χ1) is 6.12. The fourth-order valence-corrected chi connectivity index (χ4v) is 1.48. The fourth-order valence-electron chi connectivity index (χ4n) is 0.686. The quantitative estimate of drug-likeness (QED) is 0.539. The van der Waals surface area contributed by atoms with Crippen molar-refractivity contribution in [2.24, 2.45) is 0 Å². The Labute approximate surface area is 96.7 Å². The Morgan fingerprint density at radius 3 is 1.71 bits per heavy atom. The summed E-state index contributed by atoms with van der Waals surface area (Å²) in [5, 5.41) is 0. The van der Waals surface area contributed by atoms with E-state index in [0.717, 1.165) is 25.7 Å². The first-order valence-electron chi connectivity index (χ1n) is 4.74. The Hall–Kier alpha value is 0.642. The van der Waals surface area contributed by atoms with Crippen molar-refractivity contribution in [3.63, 3.8) is 0 Å². The summed E-state index contributed by atoms with van der Waals surface area (Å²) in [6.45, 7) is 4.56. The maximum Gasteiger partial charge on any atom is 0.472 e. The third kappa shape index (κ3) is 10.7. The van der Waals surface area contributed by atoms with E-state index in [-0.39, 0.29) is 30.6 Å². The second-order valence-electron chi connectivity index (χ2n) is 2.84. The second kappa shape index (κ2) is 10.2. The molecular weight excluding hydrogens is 243 g/mol. The van der Waals surface area contributed by atoms with Crippen LogP contribution in [0.4, 0.5) is 0 Å². The van der Waals surface area contributed by atoms with Crippen LogP contribution in [-0.4, -0.2) is 18.1 Å². The van der Waals surface area contributed by atoms with Crippen LogP contribution in [0.3, 0.4) is 0 Å². The Balaban J connectivity index is 0. The summed E-state index contributed by atoms with van der Waals surface area (Å²) in [6, 6.07) is 0. The van der Waals surface area contributed by atoms with Crippen LogP contribution in [0.25, 0.3) is 0 Å². The minimum absolute atomic E-state index is 0. The van der Waals surface area contributed by atoms with Gasteiger partial charge in [-0.1, -0.05) is 26.7 Å². The number of phosphoric acid groups is 1. The van der Waals surface area contributed by atoms with E-state index in [1.807, 2.05) is 13.8 Å². The largest absolute Gasteiger partial charge is 0.472 e. The first kappa shape index (κ1) is 17.1. The van der Waals surface area contributed by atoms with Gasteiger partial charge in [-0.05, 0) is 12.8 Å². The van der Waals surface area contributed by atoms with E-state index in [4.69, 9.17) is 13.9 Å². The van der Waals surface area contributed by atoms with E-state index < -0.39 is 7.82 Å². The summed E-state index contributed by atoms with van der Waals surface area (Å²) in [6.07, 6.45) is 3.44. The molecule has 0 saturated heterocycles. The van der Waals surface area contributed by atoms with E-state index >= 15 is 0 Å². The summed E-state index contributed by atoms with van der Waals surface area (Å²) >= 11 is 0. The summed E-state index contributed by atoms with van der Waals surface area (Å²) in [7, 11) is -3.75. The maximum absolute atomic E-state index is 11.1. The van der Waals surface area contributed by atoms with Gasteiger partial charge in [-0.2, -0.15) is 0 Å². The van der Waals surface area contributed by atoms with Gasteiger partial charge in [0.1, 0.15) is 0 Å². The van der Waals surface area contributed by atoms with Gasteiger partial charge in [0.15, 0.2) is 0 Å². The van der Waals surface area contributed by atoms with Gasteiger partial charge in [0.25, 0.3) is 0 Å². The average Bonchev–Trinajstić information content (AvgIpc) is 2.05. The van der Waals surface area contributed by atoms with Gasteiger partial charge in [-0.3, -0.25) is 9.05 Å². The summed E-state index contributed by atoms with van der Waals surface area (Å²) in [5.74, 6) is 0. The van der Waals surface area contributed by atoms with E-state index in [2.05, 4.69) is 0 Å². The smallest absolute Gasteiger partial charge is 0.302 e. The molecule has 0 atom stereocenters. The van der Waals surface area contributed by atoms with Crippen molar-refractivity contribution in [1.82, 2.24) is 0 Å². The van der Waals surface area contributed by atoms with Gasteiger partial charge in [-0.25, -0.2) is 4.57 Å². The number of phosphoric ester groups is 1. The topological polar surface area (TPSA) is 55.8 Å². The van der Waals surface area contributed by atoms with Crippen LogP contribution >= 0.6 is 7.82 Å². The van der Waals surface area contributed by atoms with Crippen LogP contribution in [0.1, 0.15) is 39.5 Å². The SMILES string of the molecule is CCCCOP(=O)(O)OCCCC.[Cr]. The van der Waals surface area contributed by atoms with E-state index in [9.17, 15) is 4.57 Å².